The van der Waals surface area contributed by atoms with Gasteiger partial charge < -0.3 is 14.6 Å². The molecule has 2 aliphatic rings. The lowest BCUT2D eigenvalue weighted by molar-refractivity contribution is 0.0695. The van der Waals surface area contributed by atoms with Crippen molar-refractivity contribution < 1.29 is 14.3 Å². The highest BCUT2D eigenvalue weighted by atomic mass is 19.1. The summed E-state index contributed by atoms with van der Waals surface area (Å²) in [5.41, 5.74) is 0.235. The fourth-order valence-corrected chi connectivity index (χ4v) is 3.66. The van der Waals surface area contributed by atoms with Gasteiger partial charge in [0.2, 0.25) is 5.43 Å². The Balaban J connectivity index is 1.90. The number of benzene rings is 1. The van der Waals surface area contributed by atoms with Gasteiger partial charge in [-0.25, -0.2) is 9.18 Å². The molecule has 25 heavy (non-hydrogen) atoms. The molecule has 132 valence electrons. The first-order valence-electron chi connectivity index (χ1n) is 8.82. The van der Waals surface area contributed by atoms with E-state index < -0.39 is 17.2 Å². The Labute approximate surface area is 144 Å². The minimum absolute atomic E-state index is 0.151. The van der Waals surface area contributed by atoms with E-state index in [9.17, 15) is 19.1 Å². The molecule has 0 bridgehead atoms. The van der Waals surface area contributed by atoms with Crippen molar-refractivity contribution >= 4 is 22.6 Å². The maximum absolute atomic E-state index is 14.7. The molecule has 4 rings (SSSR count). The average molecular weight is 344 g/mol. The lowest BCUT2D eigenvalue weighted by atomic mass is 9.98. The van der Waals surface area contributed by atoms with E-state index in [-0.39, 0.29) is 17.0 Å². The summed E-state index contributed by atoms with van der Waals surface area (Å²) in [5.74, 6) is -1.08. The third-order valence-electron chi connectivity index (χ3n) is 5.40. The minimum Gasteiger partial charge on any atom is -0.477 e. The number of hydrogen-bond donors (Lipinski definition) is 1. The highest BCUT2D eigenvalue weighted by Crippen LogP contribution is 2.38. The molecule has 1 N–H and O–H groups in total. The van der Waals surface area contributed by atoms with Crippen LogP contribution in [0.25, 0.3) is 10.9 Å². The molecule has 0 radical (unpaired) electrons. The second kappa shape index (κ2) is 5.86. The predicted octanol–water partition coefficient (Wildman–Crippen LogP) is 3.41. The normalized spacial score (nSPS) is 18.7. The molecule has 1 aliphatic carbocycles. The van der Waals surface area contributed by atoms with Crippen LogP contribution in [0, 0.1) is 11.7 Å². The number of halogens is 1. The number of piperidine rings is 1. The number of nitrogens with zero attached hydrogens (tertiary/aromatic N) is 2. The Kier molecular flexibility index (Phi) is 3.78. The molecule has 1 saturated heterocycles. The van der Waals surface area contributed by atoms with E-state index in [2.05, 4.69) is 6.92 Å². The summed E-state index contributed by atoms with van der Waals surface area (Å²) in [6.07, 6.45) is 5.36. The first kappa shape index (κ1) is 16.1. The van der Waals surface area contributed by atoms with Crippen LogP contribution in [-0.2, 0) is 0 Å². The van der Waals surface area contributed by atoms with E-state index in [1.165, 1.54) is 12.3 Å². The first-order valence-corrected chi connectivity index (χ1v) is 8.82. The number of aromatic carboxylic acids is 1. The van der Waals surface area contributed by atoms with E-state index in [4.69, 9.17) is 0 Å². The fraction of sp³-hybridized carbons (Fsp3) is 0.474. The van der Waals surface area contributed by atoms with Gasteiger partial charge in [0.25, 0.3) is 0 Å². The molecule has 1 aliphatic heterocycles. The monoisotopic (exact) mass is 344 g/mol. The largest absolute Gasteiger partial charge is 0.477 e. The molecule has 2 fully saturated rings. The molecule has 6 heteroatoms. The van der Waals surface area contributed by atoms with Gasteiger partial charge in [-0.1, -0.05) is 6.92 Å². The Hall–Kier alpha value is -2.37. The average Bonchev–Trinajstić information content (AvgIpc) is 3.41. The predicted molar refractivity (Wildman–Crippen MR) is 94.0 cm³/mol. The van der Waals surface area contributed by atoms with Gasteiger partial charge in [-0.2, -0.15) is 0 Å². The lowest BCUT2D eigenvalue weighted by Gasteiger charge is -2.32. The number of carboxylic acid groups (broad SMARTS) is 1. The second-order valence-corrected chi connectivity index (χ2v) is 7.31. The molecule has 0 spiro atoms. The van der Waals surface area contributed by atoms with Crippen LogP contribution in [-0.4, -0.2) is 28.7 Å². The van der Waals surface area contributed by atoms with Crippen LogP contribution < -0.4 is 10.3 Å². The number of carboxylic acids is 1. The summed E-state index contributed by atoms with van der Waals surface area (Å²) in [7, 11) is 0. The Morgan fingerprint density at radius 1 is 1.20 bits per heavy atom. The van der Waals surface area contributed by atoms with Crippen molar-refractivity contribution in [3.8, 4) is 0 Å². The molecule has 0 atom stereocenters. The number of hydrogen-bond acceptors (Lipinski definition) is 3. The lowest BCUT2D eigenvalue weighted by Crippen LogP contribution is -2.33. The van der Waals surface area contributed by atoms with Gasteiger partial charge in [0.05, 0.1) is 11.2 Å². The van der Waals surface area contributed by atoms with Crippen LogP contribution in [0.1, 0.15) is 49.0 Å². The van der Waals surface area contributed by atoms with Crippen molar-refractivity contribution in [1.82, 2.24) is 4.57 Å². The van der Waals surface area contributed by atoms with Crippen molar-refractivity contribution in [1.29, 1.82) is 0 Å². The molecule has 1 aromatic heterocycles. The molecular weight excluding hydrogens is 323 g/mol. The number of anilines is 1. The van der Waals surface area contributed by atoms with E-state index in [0.717, 1.165) is 38.8 Å². The Morgan fingerprint density at radius 3 is 2.48 bits per heavy atom. The number of aromatic nitrogens is 1. The van der Waals surface area contributed by atoms with Gasteiger partial charge in [0.15, 0.2) is 0 Å². The minimum atomic E-state index is -1.27. The van der Waals surface area contributed by atoms with Crippen molar-refractivity contribution in [3.05, 3.63) is 39.9 Å². The van der Waals surface area contributed by atoms with E-state index in [0.29, 0.717) is 17.1 Å². The third kappa shape index (κ3) is 2.79. The van der Waals surface area contributed by atoms with E-state index in [1.54, 1.807) is 6.07 Å². The van der Waals surface area contributed by atoms with Crippen LogP contribution in [0.15, 0.2) is 23.1 Å². The summed E-state index contributed by atoms with van der Waals surface area (Å²) >= 11 is 0. The van der Waals surface area contributed by atoms with Gasteiger partial charge >= 0.3 is 5.97 Å². The standard InChI is InChI=1S/C19H21FN2O3/c1-11-4-6-21(7-5-11)17-9-16-13(8-15(17)20)18(23)14(19(24)25)10-22(16)12-2-3-12/h8-12H,2-7H2,1H3,(H,24,25). The Bertz CT molecular complexity index is 909. The summed E-state index contributed by atoms with van der Waals surface area (Å²) in [4.78, 5) is 25.9. The van der Waals surface area contributed by atoms with Gasteiger partial charge in [-0.3, -0.25) is 4.79 Å². The van der Waals surface area contributed by atoms with E-state index in [1.807, 2.05) is 9.47 Å². The van der Waals surface area contributed by atoms with E-state index >= 15 is 0 Å². The molecule has 1 aromatic carbocycles. The molecule has 0 unspecified atom stereocenters. The fourth-order valence-electron chi connectivity index (χ4n) is 3.66. The summed E-state index contributed by atoms with van der Waals surface area (Å²) in [5, 5.41) is 9.44. The quantitative estimate of drug-likeness (QED) is 0.927. The smallest absolute Gasteiger partial charge is 0.341 e. The van der Waals surface area contributed by atoms with Crippen LogP contribution in [0.3, 0.4) is 0 Å². The molecule has 0 amide bonds. The zero-order valence-corrected chi connectivity index (χ0v) is 14.2. The van der Waals surface area contributed by atoms with Crippen LogP contribution in [0.5, 0.6) is 0 Å². The topological polar surface area (TPSA) is 62.5 Å². The molecule has 5 nitrogen and oxygen atoms in total. The summed E-state index contributed by atoms with van der Waals surface area (Å²) < 4.78 is 16.6. The van der Waals surface area contributed by atoms with Crippen LogP contribution in [0.2, 0.25) is 0 Å². The molecule has 1 saturated carbocycles. The van der Waals surface area contributed by atoms with Crippen molar-refractivity contribution in [2.45, 2.75) is 38.6 Å². The highest BCUT2D eigenvalue weighted by molar-refractivity contribution is 5.93. The molecular formula is C19H21FN2O3. The first-order chi connectivity index (χ1) is 12.0. The summed E-state index contributed by atoms with van der Waals surface area (Å²) in [6, 6.07) is 3.14. The van der Waals surface area contributed by atoms with Gasteiger partial charge in [-0.15, -0.1) is 0 Å². The van der Waals surface area contributed by atoms with Crippen molar-refractivity contribution in [2.24, 2.45) is 5.92 Å². The number of fused-ring (bicyclic) bond motifs is 1. The SMILES string of the molecule is CC1CCN(c2cc3c(cc2F)c(=O)c(C(=O)O)cn3C2CC2)CC1. The maximum atomic E-state index is 14.7. The van der Waals surface area contributed by atoms with Crippen LogP contribution in [0.4, 0.5) is 10.1 Å². The zero-order chi connectivity index (χ0) is 17.7. The number of rotatable bonds is 3. The highest BCUT2D eigenvalue weighted by Gasteiger charge is 2.28. The molecule has 2 heterocycles. The molecule has 2 aromatic rings. The van der Waals surface area contributed by atoms with Crippen molar-refractivity contribution in [2.75, 3.05) is 18.0 Å². The maximum Gasteiger partial charge on any atom is 0.341 e. The van der Waals surface area contributed by atoms with Gasteiger partial charge in [0, 0.05) is 30.7 Å². The zero-order valence-electron chi connectivity index (χ0n) is 14.2. The van der Waals surface area contributed by atoms with Gasteiger partial charge in [-0.05, 0) is 43.7 Å². The van der Waals surface area contributed by atoms with Crippen LogP contribution >= 0.6 is 0 Å². The number of carbonyl (C=O) groups is 1. The van der Waals surface area contributed by atoms with Gasteiger partial charge in [0.1, 0.15) is 11.4 Å². The third-order valence-corrected chi connectivity index (χ3v) is 5.40. The second-order valence-electron chi connectivity index (χ2n) is 7.31. The van der Waals surface area contributed by atoms with Crippen molar-refractivity contribution in [3.63, 3.8) is 0 Å². The summed E-state index contributed by atoms with van der Waals surface area (Å²) in [6.45, 7) is 3.79. The Morgan fingerprint density at radius 2 is 1.88 bits per heavy atom. The number of pyridine rings is 1.